The van der Waals surface area contributed by atoms with Crippen LogP contribution in [0.3, 0.4) is 0 Å². The molecule has 1 amide bonds. The summed E-state index contributed by atoms with van der Waals surface area (Å²) < 4.78 is 13.2. The van der Waals surface area contributed by atoms with E-state index in [1.807, 2.05) is 19.9 Å². The van der Waals surface area contributed by atoms with Crippen LogP contribution in [0.4, 0.5) is 15.9 Å². The van der Waals surface area contributed by atoms with E-state index in [2.05, 4.69) is 15.6 Å². The van der Waals surface area contributed by atoms with Crippen LogP contribution in [0.15, 0.2) is 30.5 Å². The number of nitrogens with one attached hydrogen (secondary N) is 2. The summed E-state index contributed by atoms with van der Waals surface area (Å²) in [6.45, 7) is 4.80. The van der Waals surface area contributed by atoms with E-state index in [1.54, 1.807) is 12.3 Å². The van der Waals surface area contributed by atoms with E-state index >= 15 is 0 Å². The Balaban J connectivity index is 1.76. The Morgan fingerprint density at radius 1 is 1.30 bits per heavy atom. The van der Waals surface area contributed by atoms with Crippen molar-refractivity contribution in [1.82, 2.24) is 10.3 Å². The molecule has 1 saturated carbocycles. The summed E-state index contributed by atoms with van der Waals surface area (Å²) in [6.07, 6.45) is 6.49. The number of benzene rings is 1. The minimum atomic E-state index is -0.393. The molecule has 0 aliphatic heterocycles. The predicted octanol–water partition coefficient (Wildman–Crippen LogP) is 5.66. The maximum atomic E-state index is 13.2. The Morgan fingerprint density at radius 3 is 2.70 bits per heavy atom. The highest BCUT2D eigenvalue weighted by Gasteiger charge is 2.19. The molecule has 0 bridgehead atoms. The molecule has 2 N–H and O–H groups in total. The summed E-state index contributed by atoms with van der Waals surface area (Å²) in [4.78, 5) is 17.0. The van der Waals surface area contributed by atoms with Crippen LogP contribution in [0, 0.1) is 11.7 Å². The van der Waals surface area contributed by atoms with Gasteiger partial charge in [-0.3, -0.25) is 4.79 Å². The topological polar surface area (TPSA) is 54.0 Å². The summed E-state index contributed by atoms with van der Waals surface area (Å²) in [5.41, 5.74) is 2.08. The highest BCUT2D eigenvalue weighted by atomic mass is 35.5. The van der Waals surface area contributed by atoms with E-state index in [9.17, 15) is 9.18 Å². The van der Waals surface area contributed by atoms with Crippen LogP contribution in [0.5, 0.6) is 0 Å². The van der Waals surface area contributed by atoms with Crippen LogP contribution in [-0.4, -0.2) is 17.4 Å². The molecule has 1 aromatic carbocycles. The molecule has 1 aliphatic carbocycles. The van der Waals surface area contributed by atoms with Crippen molar-refractivity contribution in [2.45, 2.75) is 45.4 Å². The van der Waals surface area contributed by atoms with Crippen LogP contribution in [0.1, 0.15) is 61.4 Å². The van der Waals surface area contributed by atoms with Gasteiger partial charge in [0.2, 0.25) is 0 Å². The Morgan fingerprint density at radius 2 is 2.04 bits per heavy atom. The Kier molecular flexibility index (Phi) is 6.32. The molecule has 1 aromatic heterocycles. The highest BCUT2D eigenvalue weighted by molar-refractivity contribution is 6.33. The van der Waals surface area contributed by atoms with E-state index in [1.165, 1.54) is 37.8 Å². The molecule has 6 heteroatoms. The van der Waals surface area contributed by atoms with Crippen molar-refractivity contribution in [2.75, 3.05) is 11.9 Å². The number of carbonyl (C=O) groups is 1. The fourth-order valence-electron chi connectivity index (χ4n) is 3.48. The molecule has 0 spiro atoms. The van der Waals surface area contributed by atoms with Crippen molar-refractivity contribution >= 4 is 29.0 Å². The number of halogens is 2. The van der Waals surface area contributed by atoms with E-state index in [4.69, 9.17) is 11.6 Å². The molecule has 2 aromatic rings. The van der Waals surface area contributed by atoms with Gasteiger partial charge in [0.1, 0.15) is 11.6 Å². The molecule has 0 atom stereocenters. The van der Waals surface area contributed by atoms with E-state index in [0.717, 1.165) is 12.1 Å². The Hall–Kier alpha value is -2.14. The number of aromatic nitrogens is 1. The van der Waals surface area contributed by atoms with Gasteiger partial charge in [-0.2, -0.15) is 0 Å². The van der Waals surface area contributed by atoms with Crippen molar-refractivity contribution in [1.29, 1.82) is 0 Å². The van der Waals surface area contributed by atoms with Crippen LogP contribution in [-0.2, 0) is 0 Å². The lowest BCUT2D eigenvalue weighted by atomic mass is 9.98. The lowest BCUT2D eigenvalue weighted by Gasteiger charge is -2.16. The number of anilines is 2. The van der Waals surface area contributed by atoms with Gasteiger partial charge in [0.25, 0.3) is 5.91 Å². The standard InChI is InChI=1S/C21H25ClFN3O/c1-13(2)16-10-20(26-19-8-7-15(23)9-18(19)22)24-12-17(16)21(27)25-11-14-5-3-4-6-14/h7-10,12-14H,3-6,11H2,1-2H3,(H,24,26)(H,25,27). The van der Waals surface area contributed by atoms with E-state index in [0.29, 0.717) is 23.0 Å². The minimum Gasteiger partial charge on any atom is -0.352 e. The van der Waals surface area contributed by atoms with Crippen molar-refractivity contribution < 1.29 is 9.18 Å². The van der Waals surface area contributed by atoms with Crippen molar-refractivity contribution in [2.24, 2.45) is 5.92 Å². The first-order chi connectivity index (χ1) is 12.9. The zero-order chi connectivity index (χ0) is 19.4. The quantitative estimate of drug-likeness (QED) is 0.670. The maximum absolute atomic E-state index is 13.2. The van der Waals surface area contributed by atoms with E-state index < -0.39 is 5.82 Å². The molecule has 1 fully saturated rings. The fraction of sp³-hybridized carbons (Fsp3) is 0.429. The second-order valence-electron chi connectivity index (χ2n) is 7.42. The van der Waals surface area contributed by atoms with Crippen molar-refractivity contribution in [3.05, 3.63) is 52.4 Å². The summed E-state index contributed by atoms with van der Waals surface area (Å²) in [5, 5.41) is 6.43. The first kappa shape index (κ1) is 19.6. The molecule has 144 valence electrons. The zero-order valence-electron chi connectivity index (χ0n) is 15.7. The van der Waals surface area contributed by atoms with Crippen molar-refractivity contribution in [3.8, 4) is 0 Å². The van der Waals surface area contributed by atoms with Gasteiger partial charge in [-0.05, 0) is 54.5 Å². The molecule has 4 nitrogen and oxygen atoms in total. The van der Waals surface area contributed by atoms with Crippen LogP contribution in [0.2, 0.25) is 5.02 Å². The Bertz CT molecular complexity index is 819. The van der Waals surface area contributed by atoms with Crippen LogP contribution < -0.4 is 10.6 Å². The van der Waals surface area contributed by atoms with Crippen molar-refractivity contribution in [3.63, 3.8) is 0 Å². The average Bonchev–Trinajstić information content (AvgIpc) is 3.15. The molecule has 3 rings (SSSR count). The van der Waals surface area contributed by atoms with Gasteiger partial charge >= 0.3 is 0 Å². The smallest absolute Gasteiger partial charge is 0.253 e. The maximum Gasteiger partial charge on any atom is 0.253 e. The van der Waals surface area contributed by atoms with Gasteiger partial charge in [0, 0.05) is 12.7 Å². The third-order valence-electron chi connectivity index (χ3n) is 5.02. The summed E-state index contributed by atoms with van der Waals surface area (Å²) >= 11 is 6.07. The second-order valence-corrected chi connectivity index (χ2v) is 7.83. The van der Waals surface area contributed by atoms with Crippen LogP contribution >= 0.6 is 11.6 Å². The normalized spacial score (nSPS) is 14.6. The number of nitrogens with zero attached hydrogens (tertiary/aromatic N) is 1. The van der Waals surface area contributed by atoms with Gasteiger partial charge < -0.3 is 10.6 Å². The van der Waals surface area contributed by atoms with E-state index in [-0.39, 0.29) is 16.8 Å². The van der Waals surface area contributed by atoms with Crippen LogP contribution in [0.25, 0.3) is 0 Å². The van der Waals surface area contributed by atoms with Gasteiger partial charge in [-0.1, -0.05) is 38.3 Å². The number of carbonyl (C=O) groups excluding carboxylic acids is 1. The number of pyridine rings is 1. The second kappa shape index (κ2) is 8.70. The summed E-state index contributed by atoms with van der Waals surface area (Å²) in [7, 11) is 0. The molecule has 0 radical (unpaired) electrons. The average molecular weight is 390 g/mol. The molecule has 27 heavy (non-hydrogen) atoms. The largest absolute Gasteiger partial charge is 0.352 e. The molecule has 1 aliphatic rings. The van der Waals surface area contributed by atoms with Gasteiger partial charge in [0.15, 0.2) is 0 Å². The minimum absolute atomic E-state index is 0.0792. The molecular weight excluding hydrogens is 365 g/mol. The van der Waals surface area contributed by atoms with Gasteiger partial charge in [-0.25, -0.2) is 9.37 Å². The predicted molar refractivity (Wildman–Crippen MR) is 107 cm³/mol. The highest BCUT2D eigenvalue weighted by Crippen LogP contribution is 2.28. The molecular formula is C21H25ClFN3O. The third kappa shape index (κ3) is 4.98. The number of hydrogen-bond donors (Lipinski definition) is 2. The summed E-state index contributed by atoms with van der Waals surface area (Å²) in [6, 6.07) is 6.01. The number of amides is 1. The number of rotatable bonds is 6. The van der Waals surface area contributed by atoms with Gasteiger partial charge in [-0.15, -0.1) is 0 Å². The SMILES string of the molecule is CC(C)c1cc(Nc2ccc(F)cc2Cl)ncc1C(=O)NCC1CCCC1. The number of hydrogen-bond acceptors (Lipinski definition) is 3. The first-order valence-electron chi connectivity index (χ1n) is 9.44. The zero-order valence-corrected chi connectivity index (χ0v) is 16.4. The first-order valence-corrected chi connectivity index (χ1v) is 9.82. The fourth-order valence-corrected chi connectivity index (χ4v) is 3.70. The molecule has 0 saturated heterocycles. The lowest BCUT2D eigenvalue weighted by Crippen LogP contribution is -2.29. The summed E-state index contributed by atoms with van der Waals surface area (Å²) in [5.74, 6) is 0.843. The molecule has 0 unspecified atom stereocenters. The third-order valence-corrected chi connectivity index (χ3v) is 5.34. The van der Waals surface area contributed by atoms with Gasteiger partial charge in [0.05, 0.1) is 16.3 Å². The molecule has 1 heterocycles. The monoisotopic (exact) mass is 389 g/mol. The Labute approximate surface area is 164 Å². The lowest BCUT2D eigenvalue weighted by molar-refractivity contribution is 0.0945.